The number of halogens is 3. The lowest BCUT2D eigenvalue weighted by Crippen LogP contribution is -2.35. The van der Waals surface area contributed by atoms with Gasteiger partial charge in [-0.05, 0) is 24.1 Å². The van der Waals surface area contributed by atoms with E-state index in [4.69, 9.17) is 0 Å². The second-order valence-corrected chi connectivity index (χ2v) is 7.61. The molecule has 1 saturated heterocycles. The van der Waals surface area contributed by atoms with Crippen LogP contribution in [-0.2, 0) is 21.2 Å². The number of carbonyl (C=O) groups excluding carboxylic acids is 1. The molecule has 23 heavy (non-hydrogen) atoms. The molecule has 2 rings (SSSR count). The van der Waals surface area contributed by atoms with Gasteiger partial charge in [-0.3, -0.25) is 4.79 Å². The quantitative estimate of drug-likeness (QED) is 0.876. The van der Waals surface area contributed by atoms with E-state index >= 15 is 0 Å². The largest absolute Gasteiger partial charge is 0.411 e. The van der Waals surface area contributed by atoms with Crippen LogP contribution >= 0.6 is 0 Å². The summed E-state index contributed by atoms with van der Waals surface area (Å²) in [5.41, 5.74) is 0.822. The standard InChI is InChI=1S/C14H16F3NO4S/c15-14(16,17)9-22-7-10-1-3-11(4-2-10)13(19)18-12-5-6-23(20,21)8-12/h1-4,12H,5-9H2,(H,18,19)/t12-/m1/s1. The molecule has 1 heterocycles. The molecule has 128 valence electrons. The molecule has 1 N–H and O–H groups in total. The predicted molar refractivity (Wildman–Crippen MR) is 76.7 cm³/mol. The highest BCUT2D eigenvalue weighted by atomic mass is 32.2. The minimum Gasteiger partial charge on any atom is -0.367 e. The van der Waals surface area contributed by atoms with Gasteiger partial charge >= 0.3 is 6.18 Å². The molecule has 0 unspecified atom stereocenters. The Bertz CT molecular complexity index is 656. The molecular formula is C14H16F3NO4S. The molecule has 9 heteroatoms. The zero-order valence-corrected chi connectivity index (χ0v) is 12.9. The summed E-state index contributed by atoms with van der Waals surface area (Å²) in [4.78, 5) is 12.0. The molecule has 0 radical (unpaired) electrons. The van der Waals surface area contributed by atoms with Gasteiger partial charge < -0.3 is 10.1 Å². The summed E-state index contributed by atoms with van der Waals surface area (Å²) in [5.74, 6) is -0.412. The third-order valence-corrected chi connectivity index (χ3v) is 5.09. The number of benzene rings is 1. The summed E-state index contributed by atoms with van der Waals surface area (Å²) in [5, 5.41) is 2.64. The minimum atomic E-state index is -4.37. The van der Waals surface area contributed by atoms with Crippen molar-refractivity contribution < 1.29 is 31.1 Å². The molecule has 1 aliphatic rings. The maximum Gasteiger partial charge on any atom is 0.411 e. The fourth-order valence-electron chi connectivity index (χ4n) is 2.21. The van der Waals surface area contributed by atoms with Crippen molar-refractivity contribution in [2.45, 2.75) is 25.2 Å². The topological polar surface area (TPSA) is 72.5 Å². The maximum atomic E-state index is 12.0. The Morgan fingerprint density at radius 1 is 1.26 bits per heavy atom. The van der Waals surface area contributed by atoms with Crippen LogP contribution in [-0.4, -0.2) is 44.7 Å². The normalized spacial score (nSPS) is 20.4. The molecule has 5 nitrogen and oxygen atoms in total. The van der Waals surface area contributed by atoms with Gasteiger partial charge in [-0.25, -0.2) is 8.42 Å². The van der Waals surface area contributed by atoms with E-state index in [1.54, 1.807) is 0 Å². The van der Waals surface area contributed by atoms with Crippen LogP contribution in [0.15, 0.2) is 24.3 Å². The smallest absolute Gasteiger partial charge is 0.367 e. The van der Waals surface area contributed by atoms with Crippen molar-refractivity contribution in [3.63, 3.8) is 0 Å². The highest BCUT2D eigenvalue weighted by Crippen LogP contribution is 2.16. The molecular weight excluding hydrogens is 335 g/mol. The van der Waals surface area contributed by atoms with E-state index in [-0.39, 0.29) is 18.1 Å². The molecule has 1 aromatic carbocycles. The van der Waals surface area contributed by atoms with E-state index in [1.807, 2.05) is 0 Å². The summed E-state index contributed by atoms with van der Waals surface area (Å²) in [6.07, 6.45) is -3.99. The van der Waals surface area contributed by atoms with Crippen molar-refractivity contribution in [2.24, 2.45) is 0 Å². The number of sulfone groups is 1. The second kappa shape index (κ2) is 6.88. The van der Waals surface area contributed by atoms with Crippen LogP contribution in [0.25, 0.3) is 0 Å². The Morgan fingerprint density at radius 2 is 1.91 bits per heavy atom. The lowest BCUT2D eigenvalue weighted by molar-refractivity contribution is -0.176. The van der Waals surface area contributed by atoms with E-state index in [1.165, 1.54) is 24.3 Å². The molecule has 0 bridgehead atoms. The number of carbonyl (C=O) groups is 1. The van der Waals surface area contributed by atoms with Crippen molar-refractivity contribution in [1.82, 2.24) is 5.32 Å². The summed E-state index contributed by atoms with van der Waals surface area (Å²) in [7, 11) is -3.08. The minimum absolute atomic E-state index is 0.0629. The van der Waals surface area contributed by atoms with Crippen LogP contribution in [0.3, 0.4) is 0 Å². The van der Waals surface area contributed by atoms with Gasteiger partial charge in [0.15, 0.2) is 9.84 Å². The molecule has 0 aliphatic carbocycles. The summed E-state index contributed by atoms with van der Waals surface area (Å²) >= 11 is 0. The maximum absolute atomic E-state index is 12.0. The third-order valence-electron chi connectivity index (χ3n) is 3.32. The van der Waals surface area contributed by atoms with Gasteiger partial charge in [0.05, 0.1) is 18.1 Å². The number of hydrogen-bond donors (Lipinski definition) is 1. The number of ether oxygens (including phenoxy) is 1. The molecule has 0 aromatic heterocycles. The first-order valence-corrected chi connectivity index (χ1v) is 8.71. The van der Waals surface area contributed by atoms with Crippen molar-refractivity contribution in [3.05, 3.63) is 35.4 Å². The van der Waals surface area contributed by atoms with E-state index < -0.39 is 34.6 Å². The van der Waals surface area contributed by atoms with Crippen LogP contribution < -0.4 is 5.32 Å². The Hall–Kier alpha value is -1.61. The Balaban J connectivity index is 1.85. The Labute approximate surface area is 131 Å². The van der Waals surface area contributed by atoms with Crippen LogP contribution in [0.5, 0.6) is 0 Å². The number of rotatable bonds is 5. The predicted octanol–water partition coefficient (Wildman–Crippen LogP) is 1.68. The average molecular weight is 351 g/mol. The average Bonchev–Trinajstić information content (AvgIpc) is 2.77. The first-order valence-electron chi connectivity index (χ1n) is 6.89. The van der Waals surface area contributed by atoms with Gasteiger partial charge in [-0.1, -0.05) is 12.1 Å². The monoisotopic (exact) mass is 351 g/mol. The molecule has 1 fully saturated rings. The van der Waals surface area contributed by atoms with Gasteiger partial charge in [-0.15, -0.1) is 0 Å². The Kier molecular flexibility index (Phi) is 5.30. The van der Waals surface area contributed by atoms with E-state index in [0.717, 1.165) is 0 Å². The van der Waals surface area contributed by atoms with Crippen molar-refractivity contribution in [3.8, 4) is 0 Å². The second-order valence-electron chi connectivity index (χ2n) is 5.38. The number of alkyl halides is 3. The first-order chi connectivity index (χ1) is 10.6. The molecule has 0 saturated carbocycles. The zero-order valence-electron chi connectivity index (χ0n) is 12.1. The van der Waals surface area contributed by atoms with Gasteiger partial charge in [0.25, 0.3) is 5.91 Å². The van der Waals surface area contributed by atoms with E-state index in [2.05, 4.69) is 10.1 Å². The first kappa shape index (κ1) is 17.7. The third kappa shape index (κ3) is 5.83. The SMILES string of the molecule is O=C(N[C@@H]1CCS(=O)(=O)C1)c1ccc(COCC(F)(F)F)cc1. The van der Waals surface area contributed by atoms with Gasteiger partial charge in [0.1, 0.15) is 6.61 Å². The molecule has 1 aromatic rings. The molecule has 1 aliphatic heterocycles. The van der Waals surface area contributed by atoms with Crippen LogP contribution in [0.1, 0.15) is 22.3 Å². The fraction of sp³-hybridized carbons (Fsp3) is 0.500. The highest BCUT2D eigenvalue weighted by Gasteiger charge is 2.29. The highest BCUT2D eigenvalue weighted by molar-refractivity contribution is 7.91. The summed E-state index contributed by atoms with van der Waals surface area (Å²) in [6, 6.07) is 5.52. The summed E-state index contributed by atoms with van der Waals surface area (Å²) < 4.78 is 63.0. The molecule has 0 spiro atoms. The number of hydrogen-bond acceptors (Lipinski definition) is 4. The number of nitrogens with one attached hydrogen (secondary N) is 1. The van der Waals surface area contributed by atoms with Crippen LogP contribution in [0.2, 0.25) is 0 Å². The van der Waals surface area contributed by atoms with Crippen LogP contribution in [0, 0.1) is 0 Å². The van der Waals surface area contributed by atoms with Crippen molar-refractivity contribution in [2.75, 3.05) is 18.1 Å². The lowest BCUT2D eigenvalue weighted by Gasteiger charge is -2.11. The molecule has 1 atom stereocenters. The molecule has 1 amide bonds. The fourth-order valence-corrected chi connectivity index (χ4v) is 3.89. The lowest BCUT2D eigenvalue weighted by atomic mass is 10.1. The zero-order chi connectivity index (χ0) is 17.1. The Morgan fingerprint density at radius 3 is 2.43 bits per heavy atom. The summed E-state index contributed by atoms with van der Waals surface area (Å²) in [6.45, 7) is -1.53. The van der Waals surface area contributed by atoms with Gasteiger partial charge in [0.2, 0.25) is 0 Å². The number of amides is 1. The van der Waals surface area contributed by atoms with Gasteiger partial charge in [0, 0.05) is 11.6 Å². The van der Waals surface area contributed by atoms with E-state index in [0.29, 0.717) is 17.5 Å². The van der Waals surface area contributed by atoms with Gasteiger partial charge in [-0.2, -0.15) is 13.2 Å². The van der Waals surface area contributed by atoms with Crippen LogP contribution in [0.4, 0.5) is 13.2 Å². The van der Waals surface area contributed by atoms with E-state index in [9.17, 15) is 26.4 Å². The van der Waals surface area contributed by atoms with Crippen molar-refractivity contribution in [1.29, 1.82) is 0 Å². The van der Waals surface area contributed by atoms with Crippen molar-refractivity contribution >= 4 is 15.7 Å².